The molecule has 3 aromatic carbocycles. The quantitative estimate of drug-likeness (QED) is 0.503. The van der Waals surface area contributed by atoms with E-state index in [-0.39, 0.29) is 10.8 Å². The summed E-state index contributed by atoms with van der Waals surface area (Å²) in [7, 11) is -3.73. The number of hydrogen-bond acceptors (Lipinski definition) is 4. The zero-order chi connectivity index (χ0) is 24.0. The predicted octanol–water partition coefficient (Wildman–Crippen LogP) is 4.44. The minimum atomic E-state index is -3.73. The molecule has 7 heteroatoms. The minimum absolute atomic E-state index is 0.121. The van der Waals surface area contributed by atoms with Crippen LogP contribution < -0.4 is 10.0 Å². The Hall–Kier alpha value is -3.16. The highest BCUT2D eigenvalue weighted by molar-refractivity contribution is 7.92. The second-order valence-electron chi connectivity index (χ2n) is 8.88. The van der Waals surface area contributed by atoms with Crippen molar-refractivity contribution in [1.29, 1.82) is 0 Å². The zero-order valence-corrected chi connectivity index (χ0v) is 20.2. The van der Waals surface area contributed by atoms with Gasteiger partial charge in [0.25, 0.3) is 15.9 Å². The van der Waals surface area contributed by atoms with E-state index in [0.29, 0.717) is 23.7 Å². The maximum atomic E-state index is 12.7. The van der Waals surface area contributed by atoms with E-state index in [1.165, 1.54) is 17.7 Å². The topological polar surface area (TPSA) is 78.5 Å². The molecule has 2 N–H and O–H groups in total. The van der Waals surface area contributed by atoms with Crippen LogP contribution in [0.1, 0.15) is 34.3 Å². The van der Waals surface area contributed by atoms with Crippen LogP contribution in [0.4, 0.5) is 5.69 Å². The number of sulfonamides is 1. The smallest absolute Gasteiger partial charge is 0.261 e. The summed E-state index contributed by atoms with van der Waals surface area (Å²) in [5.41, 5.74) is 3.14. The van der Waals surface area contributed by atoms with Crippen LogP contribution in [0, 0.1) is 12.8 Å². The van der Waals surface area contributed by atoms with Gasteiger partial charge in [0.15, 0.2) is 0 Å². The highest BCUT2D eigenvalue weighted by atomic mass is 32.2. The molecule has 1 heterocycles. The number of rotatable bonds is 8. The molecule has 3 aromatic rings. The monoisotopic (exact) mass is 477 g/mol. The van der Waals surface area contributed by atoms with E-state index in [1.54, 1.807) is 24.3 Å². The van der Waals surface area contributed by atoms with E-state index in [4.69, 9.17) is 0 Å². The minimum Gasteiger partial charge on any atom is -0.352 e. The maximum absolute atomic E-state index is 12.7. The molecule has 6 nitrogen and oxygen atoms in total. The second kappa shape index (κ2) is 10.8. The van der Waals surface area contributed by atoms with Crippen LogP contribution in [0.2, 0.25) is 0 Å². The summed E-state index contributed by atoms with van der Waals surface area (Å²) >= 11 is 0. The Labute approximate surface area is 202 Å². The summed E-state index contributed by atoms with van der Waals surface area (Å²) in [4.78, 5) is 15.2. The van der Waals surface area contributed by atoms with Gasteiger partial charge in [0.1, 0.15) is 0 Å². The van der Waals surface area contributed by atoms with E-state index in [0.717, 1.165) is 38.0 Å². The second-order valence-corrected chi connectivity index (χ2v) is 10.6. The van der Waals surface area contributed by atoms with Crippen LogP contribution in [0.3, 0.4) is 0 Å². The van der Waals surface area contributed by atoms with Crippen LogP contribution in [0.5, 0.6) is 0 Å². The summed E-state index contributed by atoms with van der Waals surface area (Å²) in [5.74, 6) is 0.218. The lowest BCUT2D eigenvalue weighted by Gasteiger charge is -2.32. The average Bonchev–Trinajstić information content (AvgIpc) is 2.85. The molecule has 1 fully saturated rings. The van der Waals surface area contributed by atoms with E-state index in [9.17, 15) is 13.2 Å². The fraction of sp³-hybridized carbons (Fsp3) is 0.296. The number of nitrogens with zero attached hydrogens (tertiary/aromatic N) is 1. The fourth-order valence-electron chi connectivity index (χ4n) is 4.32. The molecule has 0 radical (unpaired) electrons. The lowest BCUT2D eigenvalue weighted by molar-refractivity contribution is 0.0930. The van der Waals surface area contributed by atoms with Gasteiger partial charge in [-0.25, -0.2) is 8.42 Å². The zero-order valence-electron chi connectivity index (χ0n) is 19.4. The van der Waals surface area contributed by atoms with Crippen molar-refractivity contribution in [2.24, 2.45) is 5.92 Å². The number of carbonyl (C=O) groups excluding carboxylic acids is 1. The van der Waals surface area contributed by atoms with Gasteiger partial charge in [-0.15, -0.1) is 0 Å². The fourth-order valence-corrected chi connectivity index (χ4v) is 5.45. The largest absolute Gasteiger partial charge is 0.352 e. The van der Waals surface area contributed by atoms with E-state index >= 15 is 0 Å². The SMILES string of the molecule is Cc1ccccc1NS(=O)(=O)c1ccc(C(=O)NCC2CCCN(Cc3ccccc3)C2)cc1. The lowest BCUT2D eigenvalue weighted by atomic mass is 9.97. The van der Waals surface area contributed by atoms with Gasteiger partial charge in [0.05, 0.1) is 10.6 Å². The van der Waals surface area contributed by atoms with Gasteiger partial charge >= 0.3 is 0 Å². The number of likely N-dealkylation sites (tertiary alicyclic amines) is 1. The molecule has 0 bridgehead atoms. The number of anilines is 1. The molecule has 1 aliphatic rings. The average molecular weight is 478 g/mol. The molecule has 1 unspecified atom stereocenters. The first-order valence-electron chi connectivity index (χ1n) is 11.6. The Morgan fingerprint density at radius 1 is 0.971 bits per heavy atom. The molecular weight excluding hydrogens is 446 g/mol. The van der Waals surface area contributed by atoms with Gasteiger partial charge in [0.2, 0.25) is 0 Å². The molecule has 0 aromatic heterocycles. The van der Waals surface area contributed by atoms with Gasteiger partial charge < -0.3 is 5.32 Å². The van der Waals surface area contributed by atoms with Crippen LogP contribution in [0.25, 0.3) is 0 Å². The molecule has 1 atom stereocenters. The molecular formula is C27H31N3O3S. The van der Waals surface area contributed by atoms with Crippen LogP contribution in [-0.4, -0.2) is 38.9 Å². The summed E-state index contributed by atoms with van der Waals surface area (Å²) in [6, 6.07) is 23.7. The first-order chi connectivity index (χ1) is 16.4. The van der Waals surface area contributed by atoms with Crippen molar-refractivity contribution in [3.63, 3.8) is 0 Å². The number of para-hydroxylation sites is 1. The van der Waals surface area contributed by atoms with Crippen molar-refractivity contribution in [3.05, 3.63) is 95.6 Å². The van der Waals surface area contributed by atoms with Gasteiger partial charge in [0, 0.05) is 25.2 Å². The summed E-state index contributed by atoms with van der Waals surface area (Å²) < 4.78 is 28.0. The van der Waals surface area contributed by atoms with E-state index in [2.05, 4.69) is 39.2 Å². The van der Waals surface area contributed by atoms with Crippen molar-refractivity contribution in [1.82, 2.24) is 10.2 Å². The predicted molar refractivity (Wildman–Crippen MR) is 135 cm³/mol. The molecule has 0 spiro atoms. The van der Waals surface area contributed by atoms with Crippen molar-refractivity contribution < 1.29 is 13.2 Å². The number of aryl methyl sites for hydroxylation is 1. The standard InChI is InChI=1S/C27H31N3O3S/c1-21-8-5-6-12-26(21)29-34(32,33)25-15-13-24(14-16-25)27(31)28-18-23-11-7-17-30(20-23)19-22-9-3-2-4-10-22/h2-6,8-10,12-16,23,29H,7,11,17-20H2,1H3,(H,28,31). The first kappa shape index (κ1) is 24.0. The Morgan fingerprint density at radius 3 is 2.41 bits per heavy atom. The van der Waals surface area contributed by atoms with E-state index < -0.39 is 10.0 Å². The molecule has 178 valence electrons. The molecule has 34 heavy (non-hydrogen) atoms. The van der Waals surface area contributed by atoms with Gasteiger partial charge in [-0.05, 0) is 73.7 Å². The van der Waals surface area contributed by atoms with Crippen LogP contribution in [-0.2, 0) is 16.6 Å². The first-order valence-corrected chi connectivity index (χ1v) is 13.1. The Bertz CT molecular complexity index is 1210. The van der Waals surface area contributed by atoms with Crippen molar-refractivity contribution in [2.75, 3.05) is 24.4 Å². The number of nitrogens with one attached hydrogen (secondary N) is 2. The third-order valence-corrected chi connectivity index (χ3v) is 7.60. The molecule has 1 aliphatic heterocycles. The van der Waals surface area contributed by atoms with Gasteiger partial charge in [-0.3, -0.25) is 14.4 Å². The Balaban J connectivity index is 1.31. The molecule has 4 rings (SSSR count). The van der Waals surface area contributed by atoms with Crippen LogP contribution in [0.15, 0.2) is 83.8 Å². The molecule has 0 saturated carbocycles. The third-order valence-electron chi connectivity index (χ3n) is 6.22. The summed E-state index contributed by atoms with van der Waals surface area (Å²) in [5, 5.41) is 3.03. The van der Waals surface area contributed by atoms with Gasteiger partial charge in [-0.2, -0.15) is 0 Å². The summed E-state index contributed by atoms with van der Waals surface area (Å²) in [6.45, 7) is 5.41. The van der Waals surface area contributed by atoms with Crippen molar-refractivity contribution in [3.8, 4) is 0 Å². The number of amides is 1. The van der Waals surface area contributed by atoms with Gasteiger partial charge in [-0.1, -0.05) is 48.5 Å². The van der Waals surface area contributed by atoms with Crippen molar-refractivity contribution in [2.45, 2.75) is 31.2 Å². The highest BCUT2D eigenvalue weighted by Gasteiger charge is 2.21. The number of carbonyl (C=O) groups is 1. The maximum Gasteiger partial charge on any atom is 0.261 e. The Kier molecular flexibility index (Phi) is 7.65. The summed E-state index contributed by atoms with van der Waals surface area (Å²) in [6.07, 6.45) is 2.21. The number of piperidine rings is 1. The number of benzene rings is 3. The molecule has 0 aliphatic carbocycles. The Morgan fingerprint density at radius 2 is 1.68 bits per heavy atom. The highest BCUT2D eigenvalue weighted by Crippen LogP contribution is 2.20. The third kappa shape index (κ3) is 6.24. The van der Waals surface area contributed by atoms with Crippen molar-refractivity contribution >= 4 is 21.6 Å². The molecule has 1 saturated heterocycles. The molecule has 1 amide bonds. The number of hydrogen-bond donors (Lipinski definition) is 2. The van der Waals surface area contributed by atoms with E-state index in [1.807, 2.05) is 25.1 Å². The normalized spacial score (nSPS) is 16.7. The lowest BCUT2D eigenvalue weighted by Crippen LogP contribution is -2.40. The van der Waals surface area contributed by atoms with Crippen LogP contribution >= 0.6 is 0 Å².